The van der Waals surface area contributed by atoms with Gasteiger partial charge < -0.3 is 25.4 Å². The van der Waals surface area contributed by atoms with Crippen molar-refractivity contribution in [3.63, 3.8) is 0 Å². The third kappa shape index (κ3) is 5.59. The molecule has 30 heavy (non-hydrogen) atoms. The summed E-state index contributed by atoms with van der Waals surface area (Å²) in [6.07, 6.45) is 0. The smallest absolute Gasteiger partial charge is 0.322 e. The molecule has 1 aromatic heterocycles. The number of urea groups is 1. The monoisotopic (exact) mass is 425 g/mol. The van der Waals surface area contributed by atoms with Gasteiger partial charge in [0.25, 0.3) is 5.91 Å². The van der Waals surface area contributed by atoms with Crippen molar-refractivity contribution in [3.05, 3.63) is 76.5 Å². The lowest BCUT2D eigenvalue weighted by atomic mass is 10.2. The highest BCUT2D eigenvalue weighted by atomic mass is 32.1. The third-order valence-corrected chi connectivity index (χ3v) is 5.20. The van der Waals surface area contributed by atoms with Crippen molar-refractivity contribution in [3.8, 4) is 5.75 Å². The second-order valence-corrected chi connectivity index (χ2v) is 7.35. The second kappa shape index (κ2) is 10.4. The molecule has 3 aromatic rings. The van der Waals surface area contributed by atoms with Crippen LogP contribution in [0.2, 0.25) is 0 Å². The number of carbonyl (C=O) groups excluding carboxylic acids is 2. The fraction of sp³-hybridized carbons (Fsp3) is 0.182. The Morgan fingerprint density at radius 3 is 2.50 bits per heavy atom. The highest BCUT2D eigenvalue weighted by Crippen LogP contribution is 2.21. The SMILES string of the molecule is COc1ccccc1CN(CCO)C(=O)Nc1cccc(NC(=O)c2cccs2)c1. The zero-order valence-corrected chi connectivity index (χ0v) is 17.3. The Hall–Kier alpha value is -3.36. The second-order valence-electron chi connectivity index (χ2n) is 6.40. The Morgan fingerprint density at radius 2 is 1.80 bits per heavy atom. The highest BCUT2D eigenvalue weighted by Gasteiger charge is 2.16. The number of carbonyl (C=O) groups is 2. The van der Waals surface area contributed by atoms with Gasteiger partial charge in [0.2, 0.25) is 0 Å². The zero-order chi connectivity index (χ0) is 21.3. The number of nitrogens with zero attached hydrogens (tertiary/aromatic N) is 1. The van der Waals surface area contributed by atoms with Gasteiger partial charge in [0.1, 0.15) is 5.75 Å². The van der Waals surface area contributed by atoms with E-state index in [9.17, 15) is 14.7 Å². The first-order valence-corrected chi connectivity index (χ1v) is 10.2. The molecule has 3 amide bonds. The molecule has 0 fully saturated rings. The molecule has 0 bridgehead atoms. The van der Waals surface area contributed by atoms with E-state index < -0.39 is 0 Å². The molecule has 0 atom stereocenters. The van der Waals surface area contributed by atoms with Crippen molar-refractivity contribution in [2.45, 2.75) is 6.54 Å². The largest absolute Gasteiger partial charge is 0.496 e. The zero-order valence-electron chi connectivity index (χ0n) is 16.5. The minimum atomic E-state index is -0.364. The Bertz CT molecular complexity index is 992. The Balaban J connectivity index is 1.69. The number of nitrogens with one attached hydrogen (secondary N) is 2. The van der Waals surface area contributed by atoms with Gasteiger partial charge in [0.05, 0.1) is 25.1 Å². The minimum absolute atomic E-state index is 0.165. The lowest BCUT2D eigenvalue weighted by Crippen LogP contribution is -2.36. The predicted octanol–water partition coefficient (Wildman–Crippen LogP) is 4.04. The normalized spacial score (nSPS) is 10.3. The van der Waals surface area contributed by atoms with E-state index in [1.54, 1.807) is 37.4 Å². The van der Waals surface area contributed by atoms with Gasteiger partial charge in [-0.3, -0.25) is 4.79 Å². The maximum atomic E-state index is 12.8. The first kappa shape index (κ1) is 21.4. The number of aliphatic hydroxyl groups is 1. The van der Waals surface area contributed by atoms with Crippen molar-refractivity contribution in [2.75, 3.05) is 30.9 Å². The van der Waals surface area contributed by atoms with E-state index in [1.165, 1.54) is 16.2 Å². The molecule has 3 N–H and O–H groups in total. The number of hydrogen-bond acceptors (Lipinski definition) is 5. The van der Waals surface area contributed by atoms with E-state index in [2.05, 4.69) is 10.6 Å². The molecule has 0 saturated heterocycles. The van der Waals surface area contributed by atoms with Crippen LogP contribution in [0.1, 0.15) is 15.2 Å². The van der Waals surface area contributed by atoms with Crippen molar-refractivity contribution in [1.29, 1.82) is 0 Å². The van der Waals surface area contributed by atoms with Gasteiger partial charge in [-0.15, -0.1) is 11.3 Å². The predicted molar refractivity (Wildman–Crippen MR) is 118 cm³/mol. The van der Waals surface area contributed by atoms with Gasteiger partial charge in [-0.2, -0.15) is 0 Å². The summed E-state index contributed by atoms with van der Waals surface area (Å²) in [6.45, 7) is 0.281. The molecule has 8 heteroatoms. The Labute approximate surface area is 178 Å². The van der Waals surface area contributed by atoms with Crippen LogP contribution in [0, 0.1) is 0 Å². The number of thiophene rings is 1. The van der Waals surface area contributed by atoms with Crippen LogP contribution in [-0.2, 0) is 6.54 Å². The van der Waals surface area contributed by atoms with Crippen LogP contribution in [0.4, 0.5) is 16.2 Å². The maximum absolute atomic E-state index is 12.8. The van der Waals surface area contributed by atoms with Crippen LogP contribution in [0.15, 0.2) is 66.0 Å². The number of para-hydroxylation sites is 1. The van der Waals surface area contributed by atoms with Gasteiger partial charge in [-0.05, 0) is 35.7 Å². The standard InChI is InChI=1S/C22H23N3O4S/c1-29-19-9-3-2-6-16(19)15-25(11-12-26)22(28)24-18-8-4-7-17(14-18)23-21(27)20-10-5-13-30-20/h2-10,13-14,26H,11-12,15H2,1H3,(H,23,27)(H,24,28). The van der Waals surface area contributed by atoms with Gasteiger partial charge in [0.15, 0.2) is 0 Å². The summed E-state index contributed by atoms with van der Waals surface area (Å²) >= 11 is 1.36. The molecule has 0 unspecified atom stereocenters. The number of ether oxygens (including phenoxy) is 1. The molecule has 3 rings (SSSR count). The van der Waals surface area contributed by atoms with E-state index in [0.717, 1.165) is 5.56 Å². The maximum Gasteiger partial charge on any atom is 0.322 e. The number of aliphatic hydroxyl groups excluding tert-OH is 1. The van der Waals surface area contributed by atoms with Gasteiger partial charge in [-0.25, -0.2) is 4.79 Å². The van der Waals surface area contributed by atoms with E-state index in [0.29, 0.717) is 22.0 Å². The molecule has 0 spiro atoms. The number of rotatable bonds is 8. The molecular weight excluding hydrogens is 402 g/mol. The molecule has 0 radical (unpaired) electrons. The molecule has 7 nitrogen and oxygen atoms in total. The summed E-state index contributed by atoms with van der Waals surface area (Å²) in [5.74, 6) is 0.470. The molecule has 0 saturated carbocycles. The topological polar surface area (TPSA) is 90.9 Å². The van der Waals surface area contributed by atoms with E-state index in [-0.39, 0.29) is 31.6 Å². The summed E-state index contributed by atoms with van der Waals surface area (Å²) in [7, 11) is 1.57. The summed E-state index contributed by atoms with van der Waals surface area (Å²) in [6, 6.07) is 17.5. The van der Waals surface area contributed by atoms with Crippen LogP contribution in [0.3, 0.4) is 0 Å². The summed E-state index contributed by atoms with van der Waals surface area (Å²) in [5.41, 5.74) is 1.94. The average molecular weight is 426 g/mol. The van der Waals surface area contributed by atoms with Gasteiger partial charge >= 0.3 is 6.03 Å². The lowest BCUT2D eigenvalue weighted by molar-refractivity contribution is 0.103. The van der Waals surface area contributed by atoms with E-state index in [4.69, 9.17) is 4.74 Å². The van der Waals surface area contributed by atoms with Crippen molar-refractivity contribution >= 4 is 34.6 Å². The summed E-state index contributed by atoms with van der Waals surface area (Å²) in [5, 5.41) is 16.9. The molecule has 0 aliphatic heterocycles. The fourth-order valence-corrected chi connectivity index (χ4v) is 3.51. The molecule has 0 aliphatic carbocycles. The van der Waals surface area contributed by atoms with Crippen LogP contribution in [0.25, 0.3) is 0 Å². The van der Waals surface area contributed by atoms with E-state index >= 15 is 0 Å². The molecule has 156 valence electrons. The molecule has 0 aliphatic rings. The Morgan fingerprint density at radius 1 is 1.03 bits per heavy atom. The number of anilines is 2. The van der Waals surface area contributed by atoms with Crippen molar-refractivity contribution in [1.82, 2.24) is 4.90 Å². The third-order valence-electron chi connectivity index (χ3n) is 4.33. The molecule has 1 heterocycles. The highest BCUT2D eigenvalue weighted by molar-refractivity contribution is 7.12. The Kier molecular flexibility index (Phi) is 7.42. The lowest BCUT2D eigenvalue weighted by Gasteiger charge is -2.23. The van der Waals surface area contributed by atoms with Gasteiger partial charge in [-0.1, -0.05) is 30.3 Å². The number of benzene rings is 2. The first-order valence-electron chi connectivity index (χ1n) is 9.34. The van der Waals surface area contributed by atoms with Crippen LogP contribution >= 0.6 is 11.3 Å². The first-order chi connectivity index (χ1) is 14.6. The minimum Gasteiger partial charge on any atom is -0.496 e. The van der Waals surface area contributed by atoms with Crippen molar-refractivity contribution in [2.24, 2.45) is 0 Å². The van der Waals surface area contributed by atoms with Crippen LogP contribution < -0.4 is 15.4 Å². The number of hydrogen-bond donors (Lipinski definition) is 3. The number of methoxy groups -OCH3 is 1. The summed E-state index contributed by atoms with van der Waals surface area (Å²) < 4.78 is 5.35. The quantitative estimate of drug-likeness (QED) is 0.508. The summed E-state index contributed by atoms with van der Waals surface area (Å²) in [4.78, 5) is 27.1. The van der Waals surface area contributed by atoms with Crippen LogP contribution in [-0.4, -0.2) is 42.2 Å². The number of amides is 3. The average Bonchev–Trinajstić information content (AvgIpc) is 3.29. The van der Waals surface area contributed by atoms with Gasteiger partial charge in [0, 0.05) is 23.5 Å². The molecule has 2 aromatic carbocycles. The van der Waals surface area contributed by atoms with Crippen molar-refractivity contribution < 1.29 is 19.4 Å². The van der Waals surface area contributed by atoms with Crippen LogP contribution in [0.5, 0.6) is 5.75 Å². The van der Waals surface area contributed by atoms with E-state index in [1.807, 2.05) is 35.7 Å². The molecular formula is C22H23N3O4S. The fourth-order valence-electron chi connectivity index (χ4n) is 2.89.